The number of piperidine rings is 1. The van der Waals surface area contributed by atoms with E-state index in [1.807, 2.05) is 7.05 Å². The van der Waals surface area contributed by atoms with Crippen LogP contribution in [0.4, 0.5) is 0 Å². The number of ether oxygens (including phenoxy) is 2. The number of methoxy groups -OCH3 is 1. The zero-order valence-electron chi connectivity index (χ0n) is 18.5. The second kappa shape index (κ2) is 11.2. The van der Waals surface area contributed by atoms with Gasteiger partial charge in [-0.05, 0) is 37.8 Å². The van der Waals surface area contributed by atoms with Crippen LogP contribution in [0.25, 0.3) is 0 Å². The van der Waals surface area contributed by atoms with Crippen LogP contribution >= 0.6 is 24.0 Å². The second-order valence-electron chi connectivity index (χ2n) is 8.44. The molecular weight excluding hydrogens is 479 g/mol. The average molecular weight is 516 g/mol. The Hall–Kier alpha value is -1.22. The highest BCUT2D eigenvalue weighted by atomic mass is 127. The molecule has 1 unspecified atom stereocenters. The summed E-state index contributed by atoms with van der Waals surface area (Å²) in [6.07, 6.45) is 3.49. The molecule has 2 aliphatic heterocycles. The Morgan fingerprint density at radius 1 is 1.31 bits per heavy atom. The molecule has 0 bridgehead atoms. The number of halogens is 1. The summed E-state index contributed by atoms with van der Waals surface area (Å²) in [7, 11) is 3.55. The van der Waals surface area contributed by atoms with Crippen molar-refractivity contribution in [2.75, 3.05) is 33.8 Å². The normalized spacial score (nSPS) is 20.1. The number of benzene rings is 1. The third-order valence-electron chi connectivity index (χ3n) is 5.52. The molecule has 1 aromatic rings. The third kappa shape index (κ3) is 6.64. The molecule has 7 heteroatoms. The SMILES string of the molecule is CN=C(NCc1cc2c(cc1OC)CC(C)O2)NC1CCN(CC(C)C)CC1.I. The van der Waals surface area contributed by atoms with Crippen molar-refractivity contribution in [3.8, 4) is 11.5 Å². The van der Waals surface area contributed by atoms with Crippen molar-refractivity contribution < 1.29 is 9.47 Å². The van der Waals surface area contributed by atoms with Crippen LogP contribution in [-0.4, -0.2) is 56.8 Å². The van der Waals surface area contributed by atoms with Crippen molar-refractivity contribution in [3.05, 3.63) is 23.3 Å². The molecule has 3 rings (SSSR count). The number of rotatable bonds is 6. The Kier molecular flexibility index (Phi) is 9.33. The summed E-state index contributed by atoms with van der Waals surface area (Å²) in [5.74, 6) is 3.46. The molecule has 0 aromatic heterocycles. The lowest BCUT2D eigenvalue weighted by Crippen LogP contribution is -2.49. The van der Waals surface area contributed by atoms with Gasteiger partial charge < -0.3 is 25.0 Å². The third-order valence-corrected chi connectivity index (χ3v) is 5.52. The maximum atomic E-state index is 5.91. The first-order valence-electron chi connectivity index (χ1n) is 10.5. The molecule has 0 radical (unpaired) electrons. The lowest BCUT2D eigenvalue weighted by Gasteiger charge is -2.34. The highest BCUT2D eigenvalue weighted by Gasteiger charge is 2.23. The summed E-state index contributed by atoms with van der Waals surface area (Å²) in [5, 5.41) is 7.03. The highest BCUT2D eigenvalue weighted by molar-refractivity contribution is 14.0. The van der Waals surface area contributed by atoms with E-state index in [2.05, 4.69) is 53.4 Å². The van der Waals surface area contributed by atoms with Crippen molar-refractivity contribution in [1.82, 2.24) is 15.5 Å². The second-order valence-corrected chi connectivity index (χ2v) is 8.44. The number of nitrogens with zero attached hydrogens (tertiary/aromatic N) is 2. The van der Waals surface area contributed by atoms with Gasteiger partial charge in [-0.25, -0.2) is 0 Å². The van der Waals surface area contributed by atoms with Crippen LogP contribution in [0.1, 0.15) is 44.7 Å². The zero-order chi connectivity index (χ0) is 20.1. The van der Waals surface area contributed by atoms with Gasteiger partial charge in [-0.3, -0.25) is 4.99 Å². The maximum Gasteiger partial charge on any atom is 0.191 e. The Labute approximate surface area is 192 Å². The molecule has 1 aromatic carbocycles. The van der Waals surface area contributed by atoms with Crippen LogP contribution in [0.5, 0.6) is 11.5 Å². The quantitative estimate of drug-likeness (QED) is 0.345. The topological polar surface area (TPSA) is 58.1 Å². The fourth-order valence-electron chi connectivity index (χ4n) is 4.15. The number of guanidine groups is 1. The van der Waals surface area contributed by atoms with Gasteiger partial charge in [-0.1, -0.05) is 13.8 Å². The van der Waals surface area contributed by atoms with E-state index in [4.69, 9.17) is 9.47 Å². The number of hydrogen-bond donors (Lipinski definition) is 2. The molecule has 1 fully saturated rings. The van der Waals surface area contributed by atoms with Crippen molar-refractivity contribution in [2.24, 2.45) is 10.9 Å². The molecule has 2 N–H and O–H groups in total. The monoisotopic (exact) mass is 516 g/mol. The molecule has 2 heterocycles. The van der Waals surface area contributed by atoms with E-state index in [0.29, 0.717) is 12.6 Å². The molecule has 29 heavy (non-hydrogen) atoms. The number of aliphatic imine (C=N–C) groups is 1. The number of fused-ring (bicyclic) bond motifs is 1. The van der Waals surface area contributed by atoms with Crippen LogP contribution in [-0.2, 0) is 13.0 Å². The highest BCUT2D eigenvalue weighted by Crippen LogP contribution is 2.34. The van der Waals surface area contributed by atoms with Crippen LogP contribution in [0.3, 0.4) is 0 Å². The van der Waals surface area contributed by atoms with Crippen molar-refractivity contribution in [3.63, 3.8) is 0 Å². The van der Waals surface area contributed by atoms with Gasteiger partial charge in [0.2, 0.25) is 0 Å². The summed E-state index contributed by atoms with van der Waals surface area (Å²) >= 11 is 0. The molecule has 1 saturated heterocycles. The maximum absolute atomic E-state index is 5.91. The fourth-order valence-corrected chi connectivity index (χ4v) is 4.15. The van der Waals surface area contributed by atoms with E-state index < -0.39 is 0 Å². The van der Waals surface area contributed by atoms with E-state index in [0.717, 1.165) is 61.3 Å². The minimum atomic E-state index is 0. The van der Waals surface area contributed by atoms with E-state index in [9.17, 15) is 0 Å². The predicted molar refractivity (Wildman–Crippen MR) is 130 cm³/mol. The zero-order valence-corrected chi connectivity index (χ0v) is 20.8. The Balaban J connectivity index is 0.00000300. The average Bonchev–Trinajstić information content (AvgIpc) is 3.04. The first-order valence-corrected chi connectivity index (χ1v) is 10.5. The van der Waals surface area contributed by atoms with Gasteiger partial charge in [0, 0.05) is 56.8 Å². The molecule has 0 spiro atoms. The number of hydrogen-bond acceptors (Lipinski definition) is 4. The van der Waals surface area contributed by atoms with Crippen molar-refractivity contribution >= 4 is 29.9 Å². The van der Waals surface area contributed by atoms with Gasteiger partial charge in [0.25, 0.3) is 0 Å². The predicted octanol–water partition coefficient (Wildman–Crippen LogP) is 3.42. The first-order chi connectivity index (χ1) is 13.5. The molecule has 6 nitrogen and oxygen atoms in total. The fraction of sp³-hybridized carbons (Fsp3) is 0.682. The Morgan fingerprint density at radius 3 is 2.66 bits per heavy atom. The van der Waals surface area contributed by atoms with Crippen LogP contribution in [0.2, 0.25) is 0 Å². The number of likely N-dealkylation sites (tertiary alicyclic amines) is 1. The molecule has 1 atom stereocenters. The van der Waals surface area contributed by atoms with Gasteiger partial charge in [0.15, 0.2) is 5.96 Å². The standard InChI is InChI=1S/C22H36N4O2.HI/c1-15(2)14-26-8-6-19(7-9-26)25-22(23-4)24-13-18-12-21-17(10-16(3)28-21)11-20(18)27-5;/h11-12,15-16,19H,6-10,13-14H2,1-5H3,(H2,23,24,25);1H. The largest absolute Gasteiger partial charge is 0.496 e. The van der Waals surface area contributed by atoms with Gasteiger partial charge in [0.05, 0.1) is 7.11 Å². The van der Waals surface area contributed by atoms with E-state index >= 15 is 0 Å². The van der Waals surface area contributed by atoms with E-state index in [1.54, 1.807) is 7.11 Å². The van der Waals surface area contributed by atoms with Crippen molar-refractivity contribution in [2.45, 2.75) is 58.7 Å². The minimum absolute atomic E-state index is 0. The number of nitrogens with one attached hydrogen (secondary N) is 2. The van der Waals surface area contributed by atoms with E-state index in [1.165, 1.54) is 12.1 Å². The summed E-state index contributed by atoms with van der Waals surface area (Å²) in [6, 6.07) is 4.68. The Morgan fingerprint density at radius 2 is 2.03 bits per heavy atom. The molecule has 164 valence electrons. The molecular formula is C22H37IN4O2. The minimum Gasteiger partial charge on any atom is -0.496 e. The van der Waals surface area contributed by atoms with Gasteiger partial charge >= 0.3 is 0 Å². The van der Waals surface area contributed by atoms with E-state index in [-0.39, 0.29) is 30.1 Å². The Bertz CT molecular complexity index is 688. The summed E-state index contributed by atoms with van der Waals surface area (Å²) in [6.45, 7) is 10.8. The van der Waals surface area contributed by atoms with Gasteiger partial charge in [-0.2, -0.15) is 0 Å². The summed E-state index contributed by atoms with van der Waals surface area (Å²) < 4.78 is 11.5. The summed E-state index contributed by atoms with van der Waals surface area (Å²) in [5.41, 5.74) is 2.31. The van der Waals surface area contributed by atoms with Crippen LogP contribution in [0.15, 0.2) is 17.1 Å². The smallest absolute Gasteiger partial charge is 0.191 e. The van der Waals surface area contributed by atoms with Crippen LogP contribution < -0.4 is 20.1 Å². The van der Waals surface area contributed by atoms with Gasteiger partial charge in [0.1, 0.15) is 17.6 Å². The molecule has 0 saturated carbocycles. The van der Waals surface area contributed by atoms with Crippen LogP contribution in [0, 0.1) is 5.92 Å². The molecule has 0 aliphatic carbocycles. The summed E-state index contributed by atoms with van der Waals surface area (Å²) in [4.78, 5) is 6.98. The molecule has 0 amide bonds. The van der Waals surface area contributed by atoms with Crippen molar-refractivity contribution in [1.29, 1.82) is 0 Å². The lowest BCUT2D eigenvalue weighted by molar-refractivity contribution is 0.187. The van der Waals surface area contributed by atoms with Gasteiger partial charge in [-0.15, -0.1) is 24.0 Å². The lowest BCUT2D eigenvalue weighted by atomic mass is 10.0. The first kappa shape index (κ1) is 24.1. The molecule has 2 aliphatic rings.